The van der Waals surface area contributed by atoms with Crippen LogP contribution in [0.1, 0.15) is 39.4 Å². The summed E-state index contributed by atoms with van der Waals surface area (Å²) in [6, 6.07) is 1.92. The van der Waals surface area contributed by atoms with Crippen molar-refractivity contribution in [1.82, 2.24) is 15.3 Å². The average Bonchev–Trinajstić information content (AvgIpc) is 2.46. The number of hydrogen-bond acceptors (Lipinski definition) is 6. The lowest BCUT2D eigenvalue weighted by molar-refractivity contribution is -0.121. The SMILES string of the molecule is CCc1nc(NN)cc(NCCC(=O)NC(C)CC)n1. The molecule has 1 unspecified atom stereocenters. The van der Waals surface area contributed by atoms with Gasteiger partial charge in [-0.25, -0.2) is 15.8 Å². The Morgan fingerprint density at radius 2 is 2.05 bits per heavy atom. The number of nitrogens with zero attached hydrogens (tertiary/aromatic N) is 2. The lowest BCUT2D eigenvalue weighted by atomic mass is 10.2. The number of hydrogen-bond donors (Lipinski definition) is 4. The number of hydrazine groups is 1. The van der Waals surface area contributed by atoms with E-state index in [0.717, 1.165) is 12.8 Å². The number of carbonyl (C=O) groups excluding carboxylic acids is 1. The summed E-state index contributed by atoms with van der Waals surface area (Å²) in [4.78, 5) is 20.2. The van der Waals surface area contributed by atoms with Gasteiger partial charge in [-0.15, -0.1) is 0 Å². The minimum Gasteiger partial charge on any atom is -0.369 e. The van der Waals surface area contributed by atoms with Gasteiger partial charge in [0.25, 0.3) is 0 Å². The summed E-state index contributed by atoms with van der Waals surface area (Å²) in [5, 5.41) is 6.03. The molecule has 5 N–H and O–H groups in total. The van der Waals surface area contributed by atoms with E-state index >= 15 is 0 Å². The van der Waals surface area contributed by atoms with Crippen molar-refractivity contribution in [1.29, 1.82) is 0 Å². The Labute approximate surface area is 119 Å². The summed E-state index contributed by atoms with van der Waals surface area (Å²) in [6.07, 6.45) is 2.05. The molecular formula is C13H24N6O. The van der Waals surface area contributed by atoms with Gasteiger partial charge in [0.2, 0.25) is 5.91 Å². The normalized spacial score (nSPS) is 11.8. The van der Waals surface area contributed by atoms with Crippen LogP contribution in [0.25, 0.3) is 0 Å². The van der Waals surface area contributed by atoms with Gasteiger partial charge in [-0.05, 0) is 13.3 Å². The van der Waals surface area contributed by atoms with Gasteiger partial charge in [-0.1, -0.05) is 13.8 Å². The Morgan fingerprint density at radius 1 is 1.35 bits per heavy atom. The molecule has 1 aromatic heterocycles. The summed E-state index contributed by atoms with van der Waals surface area (Å²) in [7, 11) is 0. The number of amides is 1. The first-order chi connectivity index (χ1) is 9.58. The maximum absolute atomic E-state index is 11.6. The summed E-state index contributed by atoms with van der Waals surface area (Å²) in [6.45, 7) is 6.52. The van der Waals surface area contributed by atoms with Crippen molar-refractivity contribution in [3.8, 4) is 0 Å². The quantitative estimate of drug-likeness (QED) is 0.419. The van der Waals surface area contributed by atoms with Crippen molar-refractivity contribution >= 4 is 17.5 Å². The van der Waals surface area contributed by atoms with Gasteiger partial charge < -0.3 is 16.1 Å². The molecule has 1 aromatic rings. The monoisotopic (exact) mass is 280 g/mol. The minimum absolute atomic E-state index is 0.0359. The Kier molecular flexibility index (Phi) is 6.72. The zero-order valence-electron chi connectivity index (χ0n) is 12.4. The fourth-order valence-corrected chi connectivity index (χ4v) is 1.57. The molecular weight excluding hydrogens is 256 g/mol. The van der Waals surface area contributed by atoms with E-state index in [1.165, 1.54) is 0 Å². The fourth-order valence-electron chi connectivity index (χ4n) is 1.57. The van der Waals surface area contributed by atoms with Crippen molar-refractivity contribution in [3.63, 3.8) is 0 Å². The molecule has 7 heteroatoms. The van der Waals surface area contributed by atoms with Crippen LogP contribution in [0.3, 0.4) is 0 Å². The second-order valence-electron chi connectivity index (χ2n) is 4.61. The molecule has 1 rings (SSSR count). The van der Waals surface area contributed by atoms with Gasteiger partial charge in [0.05, 0.1) is 0 Å². The second kappa shape index (κ2) is 8.31. The lowest BCUT2D eigenvalue weighted by Crippen LogP contribution is -2.33. The molecule has 1 atom stereocenters. The third-order valence-electron chi connectivity index (χ3n) is 2.91. The number of carbonyl (C=O) groups is 1. The van der Waals surface area contributed by atoms with E-state index in [9.17, 15) is 4.79 Å². The topological polar surface area (TPSA) is 105 Å². The van der Waals surface area contributed by atoms with E-state index in [0.29, 0.717) is 30.4 Å². The van der Waals surface area contributed by atoms with E-state index in [2.05, 4.69) is 26.0 Å². The maximum atomic E-state index is 11.6. The highest BCUT2D eigenvalue weighted by Crippen LogP contribution is 2.10. The number of nitrogens with two attached hydrogens (primary N) is 1. The third-order valence-corrected chi connectivity index (χ3v) is 2.91. The molecule has 0 fully saturated rings. The first-order valence-electron chi connectivity index (χ1n) is 6.96. The van der Waals surface area contributed by atoms with Gasteiger partial charge >= 0.3 is 0 Å². The molecule has 0 bridgehead atoms. The van der Waals surface area contributed by atoms with E-state index in [1.54, 1.807) is 6.07 Å². The van der Waals surface area contributed by atoms with Crippen LogP contribution < -0.4 is 21.9 Å². The van der Waals surface area contributed by atoms with Crippen LogP contribution >= 0.6 is 0 Å². The smallest absolute Gasteiger partial charge is 0.221 e. The number of rotatable bonds is 8. The van der Waals surface area contributed by atoms with Gasteiger partial charge in [0.15, 0.2) is 0 Å². The first-order valence-corrected chi connectivity index (χ1v) is 6.96. The number of anilines is 2. The minimum atomic E-state index is 0.0359. The molecule has 20 heavy (non-hydrogen) atoms. The molecule has 0 aliphatic heterocycles. The Bertz CT molecular complexity index is 415. The van der Waals surface area contributed by atoms with Crippen molar-refractivity contribution in [2.45, 2.75) is 46.1 Å². The third kappa shape index (κ3) is 5.40. The lowest BCUT2D eigenvalue weighted by Gasteiger charge is -2.12. The van der Waals surface area contributed by atoms with Crippen molar-refractivity contribution in [2.24, 2.45) is 5.84 Å². The van der Waals surface area contributed by atoms with Crippen LogP contribution in [0, 0.1) is 0 Å². The highest BCUT2D eigenvalue weighted by Gasteiger charge is 2.06. The van der Waals surface area contributed by atoms with Crippen molar-refractivity contribution in [2.75, 3.05) is 17.3 Å². The van der Waals surface area contributed by atoms with Crippen LogP contribution in [0.4, 0.5) is 11.6 Å². The van der Waals surface area contributed by atoms with E-state index in [-0.39, 0.29) is 11.9 Å². The van der Waals surface area contributed by atoms with Crippen LogP contribution in [-0.2, 0) is 11.2 Å². The average molecular weight is 280 g/mol. The first kappa shape index (κ1) is 16.2. The van der Waals surface area contributed by atoms with Gasteiger partial charge in [0, 0.05) is 31.5 Å². The Hall–Kier alpha value is -1.89. The highest BCUT2D eigenvalue weighted by molar-refractivity contribution is 5.76. The molecule has 0 aromatic carbocycles. The molecule has 1 heterocycles. The van der Waals surface area contributed by atoms with Crippen molar-refractivity contribution in [3.05, 3.63) is 11.9 Å². The zero-order chi connectivity index (χ0) is 15.0. The predicted molar refractivity (Wildman–Crippen MR) is 80.2 cm³/mol. The summed E-state index contributed by atoms with van der Waals surface area (Å²) < 4.78 is 0. The summed E-state index contributed by atoms with van der Waals surface area (Å²) in [5.74, 6) is 7.32. The van der Waals surface area contributed by atoms with E-state index in [4.69, 9.17) is 5.84 Å². The molecule has 1 amide bonds. The number of aryl methyl sites for hydroxylation is 1. The van der Waals surface area contributed by atoms with Crippen LogP contribution in [0.5, 0.6) is 0 Å². The number of aromatic nitrogens is 2. The molecule has 0 spiro atoms. The predicted octanol–water partition coefficient (Wildman–Crippen LogP) is 1.04. The van der Waals surface area contributed by atoms with E-state index < -0.39 is 0 Å². The molecule has 0 saturated carbocycles. The molecule has 112 valence electrons. The fraction of sp³-hybridized carbons (Fsp3) is 0.615. The summed E-state index contributed by atoms with van der Waals surface area (Å²) >= 11 is 0. The van der Waals surface area contributed by atoms with Crippen LogP contribution in [-0.4, -0.2) is 28.5 Å². The van der Waals surface area contributed by atoms with Gasteiger partial charge in [0.1, 0.15) is 17.5 Å². The molecule has 0 saturated heterocycles. The largest absolute Gasteiger partial charge is 0.369 e. The van der Waals surface area contributed by atoms with Gasteiger partial charge in [-0.2, -0.15) is 0 Å². The molecule has 7 nitrogen and oxygen atoms in total. The highest BCUT2D eigenvalue weighted by atomic mass is 16.1. The second-order valence-corrected chi connectivity index (χ2v) is 4.61. The molecule has 0 aliphatic carbocycles. The zero-order valence-corrected chi connectivity index (χ0v) is 12.4. The summed E-state index contributed by atoms with van der Waals surface area (Å²) in [5.41, 5.74) is 2.50. The Morgan fingerprint density at radius 3 is 2.65 bits per heavy atom. The van der Waals surface area contributed by atoms with Crippen molar-refractivity contribution < 1.29 is 4.79 Å². The van der Waals surface area contributed by atoms with Crippen LogP contribution in [0.15, 0.2) is 6.07 Å². The number of nitrogen functional groups attached to an aromatic ring is 1. The number of nitrogens with one attached hydrogen (secondary N) is 3. The Balaban J connectivity index is 2.47. The van der Waals surface area contributed by atoms with Gasteiger partial charge in [-0.3, -0.25) is 4.79 Å². The van der Waals surface area contributed by atoms with E-state index in [1.807, 2.05) is 20.8 Å². The molecule has 0 aliphatic rings. The maximum Gasteiger partial charge on any atom is 0.221 e. The molecule has 0 radical (unpaired) electrons. The standard InChI is InChI=1S/C13H24N6O/c1-4-9(3)16-13(20)6-7-15-11-8-12(19-14)18-10(5-2)17-11/h8-9H,4-7,14H2,1-3H3,(H,16,20)(H2,15,17,18,19). The van der Waals surface area contributed by atoms with Crippen LogP contribution in [0.2, 0.25) is 0 Å².